The average Bonchev–Trinajstić information content (AvgIpc) is 2.68. The number of aromatic nitrogens is 1. The fourth-order valence-corrected chi connectivity index (χ4v) is 3.78. The summed E-state index contributed by atoms with van der Waals surface area (Å²) in [6.07, 6.45) is 2.77. The van der Waals surface area contributed by atoms with E-state index in [0.29, 0.717) is 11.3 Å². The summed E-state index contributed by atoms with van der Waals surface area (Å²) in [6, 6.07) is 17.0. The molecular formula is C22H22N2O4S. The molecule has 1 heterocycles. The van der Waals surface area contributed by atoms with E-state index in [1.165, 1.54) is 16.7 Å². The van der Waals surface area contributed by atoms with Crippen LogP contribution in [0.3, 0.4) is 0 Å². The van der Waals surface area contributed by atoms with Crippen LogP contribution in [0.1, 0.15) is 34.5 Å². The topological polar surface area (TPSA) is 85.2 Å². The highest BCUT2D eigenvalue weighted by Crippen LogP contribution is 2.18. The molecule has 3 rings (SSSR count). The molecule has 1 unspecified atom stereocenters. The molecule has 150 valence electrons. The van der Waals surface area contributed by atoms with Gasteiger partial charge in [-0.25, -0.2) is 8.42 Å². The van der Waals surface area contributed by atoms with Crippen LogP contribution >= 0.6 is 0 Å². The number of aryl methyl sites for hydroxylation is 1. The first-order chi connectivity index (χ1) is 13.7. The Labute approximate surface area is 169 Å². The van der Waals surface area contributed by atoms with E-state index in [-0.39, 0.29) is 16.5 Å². The third-order valence-corrected chi connectivity index (χ3v) is 5.88. The van der Waals surface area contributed by atoms with Gasteiger partial charge < -0.3 is 9.88 Å². The second kappa shape index (κ2) is 8.05. The molecule has 0 saturated carbocycles. The second-order valence-electron chi connectivity index (χ2n) is 6.93. The predicted molar refractivity (Wildman–Crippen MR) is 113 cm³/mol. The van der Waals surface area contributed by atoms with Gasteiger partial charge in [0, 0.05) is 18.1 Å². The summed E-state index contributed by atoms with van der Waals surface area (Å²) in [7, 11) is -3.41. The third kappa shape index (κ3) is 4.46. The van der Waals surface area contributed by atoms with Gasteiger partial charge in [-0.2, -0.15) is 0 Å². The Hall–Kier alpha value is -3.19. The number of benzene rings is 2. The maximum absolute atomic E-state index is 13.1. The van der Waals surface area contributed by atoms with E-state index >= 15 is 0 Å². The van der Waals surface area contributed by atoms with Gasteiger partial charge in [0.25, 0.3) is 11.5 Å². The maximum atomic E-state index is 13.1. The Kier molecular flexibility index (Phi) is 5.70. The van der Waals surface area contributed by atoms with Crippen molar-refractivity contribution in [3.8, 4) is 0 Å². The molecule has 0 aliphatic carbocycles. The summed E-state index contributed by atoms with van der Waals surface area (Å²) >= 11 is 0. The van der Waals surface area contributed by atoms with Crippen molar-refractivity contribution in [3.63, 3.8) is 0 Å². The number of carbonyl (C=O) groups is 1. The highest BCUT2D eigenvalue weighted by molar-refractivity contribution is 7.90. The van der Waals surface area contributed by atoms with Crippen molar-refractivity contribution in [2.45, 2.75) is 24.8 Å². The van der Waals surface area contributed by atoms with E-state index in [0.717, 1.165) is 11.8 Å². The highest BCUT2D eigenvalue weighted by Gasteiger charge is 2.19. The van der Waals surface area contributed by atoms with Crippen LogP contribution in [0.15, 0.2) is 76.6 Å². The molecular weight excluding hydrogens is 388 g/mol. The SMILES string of the molecule is Cc1ccn(C(C)c2ccccc2)c(=O)c1C(=O)Nc1cccc(S(C)(=O)=O)c1. The van der Waals surface area contributed by atoms with Gasteiger partial charge in [0.2, 0.25) is 0 Å². The lowest BCUT2D eigenvalue weighted by Crippen LogP contribution is -2.32. The molecule has 7 heteroatoms. The van der Waals surface area contributed by atoms with Crippen molar-refractivity contribution in [1.82, 2.24) is 4.57 Å². The molecule has 0 spiro atoms. The number of anilines is 1. The van der Waals surface area contributed by atoms with Crippen molar-refractivity contribution in [3.05, 3.63) is 93.9 Å². The number of rotatable bonds is 5. The van der Waals surface area contributed by atoms with Crippen LogP contribution in [-0.4, -0.2) is 25.1 Å². The zero-order chi connectivity index (χ0) is 21.2. The molecule has 29 heavy (non-hydrogen) atoms. The van der Waals surface area contributed by atoms with Crippen LogP contribution in [0.4, 0.5) is 5.69 Å². The second-order valence-corrected chi connectivity index (χ2v) is 8.94. The minimum atomic E-state index is -3.41. The van der Waals surface area contributed by atoms with Crippen molar-refractivity contribution in [1.29, 1.82) is 0 Å². The predicted octanol–water partition coefficient (Wildman–Crippen LogP) is 3.42. The molecule has 3 aromatic rings. The maximum Gasteiger partial charge on any atom is 0.264 e. The average molecular weight is 410 g/mol. The van der Waals surface area contributed by atoms with Gasteiger partial charge in [-0.3, -0.25) is 9.59 Å². The summed E-state index contributed by atoms with van der Waals surface area (Å²) < 4.78 is 25.0. The van der Waals surface area contributed by atoms with Crippen LogP contribution in [-0.2, 0) is 9.84 Å². The fraction of sp³-hybridized carbons (Fsp3) is 0.182. The van der Waals surface area contributed by atoms with Crippen LogP contribution in [0.25, 0.3) is 0 Å². The standard InChI is InChI=1S/C22H22N2O4S/c1-15-12-13-24(16(2)17-8-5-4-6-9-17)22(26)20(15)21(25)23-18-10-7-11-19(14-18)29(3,27)28/h4-14,16H,1-3H3,(H,23,25). The summed E-state index contributed by atoms with van der Waals surface area (Å²) in [4.78, 5) is 26.0. The fourth-order valence-electron chi connectivity index (χ4n) is 3.11. The van der Waals surface area contributed by atoms with E-state index in [1.54, 1.807) is 31.3 Å². The number of hydrogen-bond acceptors (Lipinski definition) is 4. The van der Waals surface area contributed by atoms with Gasteiger partial charge in [0.15, 0.2) is 9.84 Å². The Morgan fingerprint density at radius 1 is 1.03 bits per heavy atom. The molecule has 1 aromatic heterocycles. The van der Waals surface area contributed by atoms with E-state index in [4.69, 9.17) is 0 Å². The molecule has 0 saturated heterocycles. The summed E-state index contributed by atoms with van der Waals surface area (Å²) in [5.41, 5.74) is 1.43. The van der Waals surface area contributed by atoms with E-state index in [1.807, 2.05) is 37.3 Å². The Morgan fingerprint density at radius 3 is 2.38 bits per heavy atom. The van der Waals surface area contributed by atoms with Gasteiger partial charge in [0.05, 0.1) is 10.9 Å². The number of hydrogen-bond donors (Lipinski definition) is 1. The lowest BCUT2D eigenvalue weighted by Gasteiger charge is -2.18. The molecule has 1 atom stereocenters. The first kappa shape index (κ1) is 20.5. The smallest absolute Gasteiger partial charge is 0.264 e. The zero-order valence-corrected chi connectivity index (χ0v) is 17.2. The number of sulfone groups is 1. The molecule has 0 bridgehead atoms. The van der Waals surface area contributed by atoms with Gasteiger partial charge in [-0.05, 0) is 49.2 Å². The van der Waals surface area contributed by atoms with Crippen LogP contribution in [0, 0.1) is 6.92 Å². The minimum absolute atomic E-state index is 0.0278. The molecule has 1 amide bonds. The normalized spacial score (nSPS) is 12.4. The van der Waals surface area contributed by atoms with Crippen LogP contribution in [0.5, 0.6) is 0 Å². The van der Waals surface area contributed by atoms with Crippen molar-refractivity contribution < 1.29 is 13.2 Å². The molecule has 0 aliphatic rings. The van der Waals surface area contributed by atoms with Crippen molar-refractivity contribution in [2.24, 2.45) is 0 Å². The summed E-state index contributed by atoms with van der Waals surface area (Å²) in [5, 5.41) is 2.64. The van der Waals surface area contributed by atoms with Gasteiger partial charge in [-0.15, -0.1) is 0 Å². The number of nitrogens with one attached hydrogen (secondary N) is 1. The summed E-state index contributed by atoms with van der Waals surface area (Å²) in [6.45, 7) is 3.59. The van der Waals surface area contributed by atoms with E-state index in [9.17, 15) is 18.0 Å². The molecule has 6 nitrogen and oxygen atoms in total. The lowest BCUT2D eigenvalue weighted by atomic mass is 10.1. The minimum Gasteiger partial charge on any atom is -0.322 e. The van der Waals surface area contributed by atoms with Crippen molar-refractivity contribution >= 4 is 21.4 Å². The number of carbonyl (C=O) groups excluding carboxylic acids is 1. The quantitative estimate of drug-likeness (QED) is 0.698. The van der Waals surface area contributed by atoms with Crippen LogP contribution < -0.4 is 10.9 Å². The number of pyridine rings is 1. The lowest BCUT2D eigenvalue weighted by molar-refractivity contribution is 0.102. The van der Waals surface area contributed by atoms with Gasteiger partial charge >= 0.3 is 0 Å². The van der Waals surface area contributed by atoms with Crippen LogP contribution in [0.2, 0.25) is 0 Å². The molecule has 0 radical (unpaired) electrons. The van der Waals surface area contributed by atoms with Gasteiger partial charge in [-0.1, -0.05) is 36.4 Å². The molecule has 1 N–H and O–H groups in total. The monoisotopic (exact) mass is 410 g/mol. The highest BCUT2D eigenvalue weighted by atomic mass is 32.2. The summed E-state index contributed by atoms with van der Waals surface area (Å²) in [5.74, 6) is -0.576. The Morgan fingerprint density at radius 2 is 1.72 bits per heavy atom. The Bertz CT molecular complexity index is 1220. The molecule has 0 aliphatic heterocycles. The van der Waals surface area contributed by atoms with E-state index < -0.39 is 21.3 Å². The largest absolute Gasteiger partial charge is 0.322 e. The van der Waals surface area contributed by atoms with Crippen molar-refractivity contribution in [2.75, 3.05) is 11.6 Å². The van der Waals surface area contributed by atoms with Gasteiger partial charge in [0.1, 0.15) is 5.56 Å². The zero-order valence-electron chi connectivity index (χ0n) is 16.4. The first-order valence-corrected chi connectivity index (χ1v) is 11.0. The van der Waals surface area contributed by atoms with E-state index in [2.05, 4.69) is 5.32 Å². The third-order valence-electron chi connectivity index (χ3n) is 4.77. The molecule has 0 fully saturated rings. The Balaban J connectivity index is 1.97. The number of amides is 1. The number of nitrogens with zero attached hydrogens (tertiary/aromatic N) is 1. The molecule has 2 aromatic carbocycles. The first-order valence-electron chi connectivity index (χ1n) is 9.06.